The third-order valence-electron chi connectivity index (χ3n) is 8.73. The van der Waals surface area contributed by atoms with E-state index in [0.29, 0.717) is 13.0 Å². The molecule has 0 saturated carbocycles. The van der Waals surface area contributed by atoms with Gasteiger partial charge in [-0.15, -0.1) is 0 Å². The van der Waals surface area contributed by atoms with Gasteiger partial charge < -0.3 is 34.3 Å². The number of aliphatic hydroxyl groups is 3. The minimum atomic E-state index is -5.05. The van der Waals surface area contributed by atoms with E-state index in [2.05, 4.69) is 18.0 Å². The van der Waals surface area contributed by atoms with Crippen LogP contribution in [0, 0.1) is 0 Å². The highest BCUT2D eigenvalue weighted by atomic mass is 32.3. The normalized spacial score (nSPS) is 22.2. The monoisotopic (exact) mass is 712 g/mol. The number of hydrogen-bond acceptors (Lipinski definition) is 11. The Morgan fingerprint density at radius 2 is 1.19 bits per heavy atom. The van der Waals surface area contributed by atoms with Gasteiger partial charge in [0.1, 0.15) is 30.5 Å². The Morgan fingerprint density at radius 1 is 0.708 bits per heavy atom. The Bertz CT molecular complexity index is 874. The Morgan fingerprint density at radius 3 is 1.67 bits per heavy atom. The fourth-order valence-electron chi connectivity index (χ4n) is 5.85. The molecule has 0 amide bonds. The van der Waals surface area contributed by atoms with Crippen molar-refractivity contribution in [3.63, 3.8) is 0 Å². The molecule has 0 aliphatic carbocycles. The van der Waals surface area contributed by atoms with Crippen LogP contribution in [0.2, 0.25) is 0 Å². The molecule has 0 aromatic rings. The standard InChI is InChI=1S/C35H68O12S/c1-3-5-7-9-11-12-13-14-15-16-17-19-21-23-25-43-27-29(45-31(37)24-22-20-18-10-8-6-4-2)28-44-35-33(39)34(47-48(40,41)42)32(38)30(26-36)46-35/h29-30,32-36,38-39H,3-28H2,1-2H3,(H,40,41,42). The van der Waals surface area contributed by atoms with Crippen LogP contribution in [0.1, 0.15) is 155 Å². The second kappa shape index (κ2) is 28.8. The van der Waals surface area contributed by atoms with E-state index in [-0.39, 0.29) is 19.6 Å². The largest absolute Gasteiger partial charge is 0.457 e. The predicted octanol–water partition coefficient (Wildman–Crippen LogP) is 6.18. The summed E-state index contributed by atoms with van der Waals surface area (Å²) in [5.41, 5.74) is 0. The molecule has 286 valence electrons. The summed E-state index contributed by atoms with van der Waals surface area (Å²) in [6, 6.07) is 0. The van der Waals surface area contributed by atoms with Gasteiger partial charge in [-0.3, -0.25) is 9.35 Å². The number of esters is 1. The number of carbonyl (C=O) groups excluding carboxylic acids is 1. The van der Waals surface area contributed by atoms with E-state index in [9.17, 15) is 28.5 Å². The van der Waals surface area contributed by atoms with Gasteiger partial charge in [0, 0.05) is 13.0 Å². The molecule has 13 heteroatoms. The molecule has 0 aromatic heterocycles. The Balaban J connectivity index is 2.47. The summed E-state index contributed by atoms with van der Waals surface area (Å²) in [7, 11) is -5.05. The third kappa shape index (κ3) is 22.7. The number of unbranched alkanes of at least 4 members (excludes halogenated alkanes) is 19. The molecule has 1 saturated heterocycles. The van der Waals surface area contributed by atoms with Gasteiger partial charge in [-0.25, -0.2) is 4.18 Å². The second-order valence-corrected chi connectivity index (χ2v) is 14.2. The van der Waals surface area contributed by atoms with Gasteiger partial charge in [-0.05, 0) is 12.8 Å². The maximum Gasteiger partial charge on any atom is 0.397 e. The molecule has 0 bridgehead atoms. The lowest BCUT2D eigenvalue weighted by molar-refractivity contribution is -0.301. The molecular formula is C35H68O12S. The average Bonchev–Trinajstić information content (AvgIpc) is 3.05. The highest BCUT2D eigenvalue weighted by Crippen LogP contribution is 2.26. The van der Waals surface area contributed by atoms with Crippen molar-refractivity contribution in [1.82, 2.24) is 0 Å². The SMILES string of the molecule is CCCCCCCCCCCCCCCCOCC(COC1OC(CO)C(O)C(OS(=O)(=O)O)C1O)OC(=O)CCCCCCCCC. The lowest BCUT2D eigenvalue weighted by Gasteiger charge is -2.41. The maximum atomic E-state index is 12.6. The van der Waals surface area contributed by atoms with E-state index in [4.69, 9.17) is 23.5 Å². The second-order valence-electron chi connectivity index (χ2n) is 13.2. The molecule has 6 unspecified atom stereocenters. The van der Waals surface area contributed by atoms with E-state index in [1.54, 1.807) is 0 Å². The first-order chi connectivity index (χ1) is 23.1. The highest BCUT2D eigenvalue weighted by molar-refractivity contribution is 7.80. The van der Waals surface area contributed by atoms with Crippen molar-refractivity contribution in [1.29, 1.82) is 0 Å². The summed E-state index contributed by atoms with van der Waals surface area (Å²) in [5.74, 6) is -0.404. The molecule has 1 fully saturated rings. The van der Waals surface area contributed by atoms with E-state index in [1.807, 2.05) is 0 Å². The first-order valence-corrected chi connectivity index (χ1v) is 20.2. The van der Waals surface area contributed by atoms with Crippen LogP contribution < -0.4 is 0 Å². The Kier molecular flexibility index (Phi) is 27.0. The summed E-state index contributed by atoms with van der Waals surface area (Å²) in [4.78, 5) is 12.6. The van der Waals surface area contributed by atoms with Gasteiger partial charge in [0.05, 0.1) is 19.8 Å². The first-order valence-electron chi connectivity index (χ1n) is 18.8. The van der Waals surface area contributed by atoms with Crippen LogP contribution in [-0.2, 0) is 38.3 Å². The number of hydrogen-bond donors (Lipinski definition) is 4. The van der Waals surface area contributed by atoms with Crippen molar-refractivity contribution in [3.05, 3.63) is 0 Å². The number of rotatable bonds is 32. The van der Waals surface area contributed by atoms with Crippen LogP contribution in [0.15, 0.2) is 0 Å². The van der Waals surface area contributed by atoms with Crippen molar-refractivity contribution in [2.45, 2.75) is 192 Å². The maximum absolute atomic E-state index is 12.6. The molecular weight excluding hydrogens is 644 g/mol. The van der Waals surface area contributed by atoms with E-state index >= 15 is 0 Å². The molecule has 0 radical (unpaired) electrons. The lowest BCUT2D eigenvalue weighted by atomic mass is 9.99. The van der Waals surface area contributed by atoms with Gasteiger partial charge in [-0.2, -0.15) is 8.42 Å². The van der Waals surface area contributed by atoms with Crippen molar-refractivity contribution >= 4 is 16.4 Å². The minimum Gasteiger partial charge on any atom is -0.457 e. The van der Waals surface area contributed by atoms with Crippen LogP contribution in [0.4, 0.5) is 0 Å². The van der Waals surface area contributed by atoms with Crippen LogP contribution in [0.25, 0.3) is 0 Å². The van der Waals surface area contributed by atoms with E-state index in [1.165, 1.54) is 89.9 Å². The molecule has 0 spiro atoms. The molecule has 1 aliphatic heterocycles. The third-order valence-corrected chi connectivity index (χ3v) is 9.19. The zero-order chi connectivity index (χ0) is 35.5. The smallest absolute Gasteiger partial charge is 0.397 e. The van der Waals surface area contributed by atoms with Crippen molar-refractivity contribution in [2.24, 2.45) is 0 Å². The van der Waals surface area contributed by atoms with Gasteiger partial charge in [0.25, 0.3) is 0 Å². The number of carbonyl (C=O) groups is 1. The predicted molar refractivity (Wildman–Crippen MR) is 184 cm³/mol. The van der Waals surface area contributed by atoms with Crippen molar-refractivity contribution in [3.8, 4) is 0 Å². The first kappa shape index (κ1) is 45.1. The molecule has 6 atom stereocenters. The molecule has 0 aromatic carbocycles. The Hall–Kier alpha value is -0.900. The number of aliphatic hydroxyl groups excluding tert-OH is 3. The van der Waals surface area contributed by atoms with Gasteiger partial charge in [0.2, 0.25) is 0 Å². The Labute approximate surface area is 290 Å². The van der Waals surface area contributed by atoms with Crippen LogP contribution >= 0.6 is 0 Å². The zero-order valence-electron chi connectivity index (χ0n) is 29.8. The summed E-state index contributed by atoms with van der Waals surface area (Å²) in [6.07, 6.45) is 16.0. The minimum absolute atomic E-state index is 0.0427. The zero-order valence-corrected chi connectivity index (χ0v) is 30.6. The van der Waals surface area contributed by atoms with Crippen molar-refractivity contribution < 1.29 is 56.2 Å². The van der Waals surface area contributed by atoms with Gasteiger partial charge in [0.15, 0.2) is 6.29 Å². The molecule has 1 heterocycles. The highest BCUT2D eigenvalue weighted by Gasteiger charge is 2.48. The summed E-state index contributed by atoms with van der Waals surface area (Å²) >= 11 is 0. The summed E-state index contributed by atoms with van der Waals surface area (Å²) < 4.78 is 58.6. The van der Waals surface area contributed by atoms with Crippen LogP contribution in [-0.4, -0.2) is 97.5 Å². The molecule has 12 nitrogen and oxygen atoms in total. The number of ether oxygens (including phenoxy) is 4. The molecule has 1 aliphatic rings. The topological polar surface area (TPSA) is 178 Å². The van der Waals surface area contributed by atoms with Crippen LogP contribution in [0.5, 0.6) is 0 Å². The van der Waals surface area contributed by atoms with Gasteiger partial charge >= 0.3 is 16.4 Å². The fraction of sp³-hybridized carbons (Fsp3) is 0.971. The van der Waals surface area contributed by atoms with Crippen LogP contribution in [0.3, 0.4) is 0 Å². The fourth-order valence-corrected chi connectivity index (χ4v) is 6.36. The molecule has 1 rings (SSSR count). The summed E-state index contributed by atoms with van der Waals surface area (Å²) in [5, 5.41) is 30.4. The average molecular weight is 713 g/mol. The summed E-state index contributed by atoms with van der Waals surface area (Å²) in [6.45, 7) is 3.93. The van der Waals surface area contributed by atoms with Crippen molar-refractivity contribution in [2.75, 3.05) is 26.4 Å². The molecule has 4 N–H and O–H groups in total. The van der Waals surface area contributed by atoms with E-state index < -0.39 is 59.8 Å². The lowest BCUT2D eigenvalue weighted by Crippen LogP contribution is -2.60. The molecule has 48 heavy (non-hydrogen) atoms. The van der Waals surface area contributed by atoms with Gasteiger partial charge in [-0.1, -0.05) is 136 Å². The van der Waals surface area contributed by atoms with E-state index in [0.717, 1.165) is 38.5 Å². The quantitative estimate of drug-likeness (QED) is 0.0354.